The topological polar surface area (TPSA) is 66.8 Å². The van der Waals surface area contributed by atoms with E-state index >= 15 is 0 Å². The number of amidine groups is 1. The summed E-state index contributed by atoms with van der Waals surface area (Å²) in [6.45, 7) is 0. The third kappa shape index (κ3) is 4.08. The molecule has 0 radical (unpaired) electrons. The predicted molar refractivity (Wildman–Crippen MR) is 111 cm³/mol. The maximum Gasteiger partial charge on any atom is 0.417 e. The first-order valence-electron chi connectivity index (χ1n) is 8.76. The molecule has 0 spiro atoms. The van der Waals surface area contributed by atoms with Crippen LogP contribution in [0.4, 0.5) is 18.9 Å². The third-order valence-electron chi connectivity index (χ3n) is 4.82. The summed E-state index contributed by atoms with van der Waals surface area (Å²) in [6.07, 6.45) is -4.68. The summed E-state index contributed by atoms with van der Waals surface area (Å²) in [5.74, 6) is -0.916. The zero-order valence-corrected chi connectivity index (χ0v) is 17.5. The Hall–Kier alpha value is -2.04. The van der Waals surface area contributed by atoms with Gasteiger partial charge in [-0.05, 0) is 30.3 Å². The summed E-state index contributed by atoms with van der Waals surface area (Å²) >= 11 is 6.81. The van der Waals surface area contributed by atoms with Crippen molar-refractivity contribution >= 4 is 50.0 Å². The van der Waals surface area contributed by atoms with Gasteiger partial charge in [-0.1, -0.05) is 41.6 Å². The van der Waals surface area contributed by atoms with Gasteiger partial charge in [0, 0.05) is 16.5 Å². The van der Waals surface area contributed by atoms with Crippen LogP contribution in [0.2, 0.25) is 5.02 Å². The molecule has 11 heteroatoms. The van der Waals surface area contributed by atoms with Crippen LogP contribution >= 0.6 is 23.4 Å². The molecule has 2 aromatic rings. The van der Waals surface area contributed by atoms with E-state index in [4.69, 9.17) is 11.6 Å². The molecule has 2 aliphatic rings. The van der Waals surface area contributed by atoms with Crippen molar-refractivity contribution < 1.29 is 26.4 Å². The molecule has 5 nitrogen and oxygen atoms in total. The van der Waals surface area contributed by atoms with Gasteiger partial charge in [-0.3, -0.25) is 4.79 Å². The summed E-state index contributed by atoms with van der Waals surface area (Å²) in [5.41, 5.74) is -0.629. The number of fused-ring (bicyclic) bond motifs is 1. The van der Waals surface area contributed by atoms with Gasteiger partial charge < -0.3 is 4.90 Å². The summed E-state index contributed by atoms with van der Waals surface area (Å²) < 4.78 is 64.2. The molecular weight excluding hydrogens is 461 g/mol. The predicted octanol–water partition coefficient (Wildman–Crippen LogP) is 4.27. The number of alkyl halides is 3. The molecule has 2 atom stereocenters. The Morgan fingerprint density at radius 1 is 1.13 bits per heavy atom. The molecule has 2 unspecified atom stereocenters. The van der Waals surface area contributed by atoms with Gasteiger partial charge in [0.2, 0.25) is 0 Å². The Morgan fingerprint density at radius 3 is 2.50 bits per heavy atom. The Labute approximate surface area is 179 Å². The van der Waals surface area contributed by atoms with E-state index in [9.17, 15) is 26.4 Å². The van der Waals surface area contributed by atoms with E-state index in [1.54, 1.807) is 30.3 Å². The molecule has 2 saturated heterocycles. The molecule has 2 heterocycles. The van der Waals surface area contributed by atoms with E-state index in [1.165, 1.54) is 11.0 Å². The molecule has 0 aromatic heterocycles. The molecule has 4 rings (SSSR count). The second-order valence-corrected chi connectivity index (χ2v) is 10.7. The number of benzene rings is 2. The fourth-order valence-electron chi connectivity index (χ4n) is 3.48. The molecule has 0 N–H and O–H groups in total. The first-order valence-corrected chi connectivity index (χ1v) is 11.8. The van der Waals surface area contributed by atoms with Crippen LogP contribution < -0.4 is 4.90 Å². The van der Waals surface area contributed by atoms with Gasteiger partial charge in [0.15, 0.2) is 15.0 Å². The number of sulfone groups is 1. The molecule has 0 saturated carbocycles. The van der Waals surface area contributed by atoms with E-state index in [-0.39, 0.29) is 22.4 Å². The standard InChI is InChI=1S/C19H14ClF3N2O3S2/c20-14-7-6-12(8-13(14)19(21,22)23)25-15-9-30(27,28)10-16(15)29-18(25)24-17(26)11-4-2-1-3-5-11/h1-8,15-16H,9-10H2. The number of hydrogen-bond donors (Lipinski definition) is 0. The molecule has 30 heavy (non-hydrogen) atoms. The van der Waals surface area contributed by atoms with Gasteiger partial charge in [-0.2, -0.15) is 18.2 Å². The van der Waals surface area contributed by atoms with Crippen LogP contribution in [-0.2, 0) is 16.0 Å². The largest absolute Gasteiger partial charge is 0.417 e. The zero-order valence-electron chi connectivity index (χ0n) is 15.1. The smallest absolute Gasteiger partial charge is 0.316 e. The highest BCUT2D eigenvalue weighted by Crippen LogP contribution is 2.43. The Morgan fingerprint density at radius 2 is 1.83 bits per heavy atom. The van der Waals surface area contributed by atoms with Crippen molar-refractivity contribution in [2.75, 3.05) is 16.4 Å². The minimum atomic E-state index is -4.68. The fourth-order valence-corrected chi connectivity index (χ4v) is 7.62. The fraction of sp³-hybridized carbons (Fsp3) is 0.263. The van der Waals surface area contributed by atoms with Crippen LogP contribution in [0, 0.1) is 0 Å². The highest BCUT2D eigenvalue weighted by Gasteiger charge is 2.49. The molecule has 158 valence electrons. The van der Waals surface area contributed by atoms with Gasteiger partial charge in [0.25, 0.3) is 5.91 Å². The highest BCUT2D eigenvalue weighted by molar-refractivity contribution is 8.16. The average molecular weight is 475 g/mol. The molecule has 0 aliphatic carbocycles. The van der Waals surface area contributed by atoms with Crippen LogP contribution in [-0.4, -0.2) is 42.3 Å². The monoisotopic (exact) mass is 474 g/mol. The van der Waals surface area contributed by atoms with E-state index in [0.717, 1.165) is 23.9 Å². The quantitative estimate of drug-likeness (QED) is 0.650. The van der Waals surface area contributed by atoms with Crippen molar-refractivity contribution in [1.82, 2.24) is 0 Å². The minimum Gasteiger partial charge on any atom is -0.316 e. The van der Waals surface area contributed by atoms with Crippen LogP contribution in [0.3, 0.4) is 0 Å². The van der Waals surface area contributed by atoms with Crippen LogP contribution in [0.1, 0.15) is 15.9 Å². The summed E-state index contributed by atoms with van der Waals surface area (Å²) in [6, 6.07) is 10.9. The molecule has 2 aliphatic heterocycles. The second kappa shape index (κ2) is 7.58. The number of hydrogen-bond acceptors (Lipinski definition) is 4. The van der Waals surface area contributed by atoms with E-state index < -0.39 is 43.8 Å². The van der Waals surface area contributed by atoms with Crippen molar-refractivity contribution in [3.63, 3.8) is 0 Å². The maximum absolute atomic E-state index is 13.3. The van der Waals surface area contributed by atoms with Crippen molar-refractivity contribution in [2.45, 2.75) is 17.5 Å². The SMILES string of the molecule is O=C(N=C1SC2CS(=O)(=O)CC2N1c1ccc(Cl)c(C(F)(F)F)c1)c1ccccc1. The van der Waals surface area contributed by atoms with Crippen molar-refractivity contribution in [1.29, 1.82) is 0 Å². The number of anilines is 1. The summed E-state index contributed by atoms with van der Waals surface area (Å²) in [4.78, 5) is 18.1. The Bertz CT molecular complexity index is 1140. The highest BCUT2D eigenvalue weighted by atomic mass is 35.5. The van der Waals surface area contributed by atoms with E-state index in [2.05, 4.69) is 4.99 Å². The van der Waals surface area contributed by atoms with Gasteiger partial charge in [-0.25, -0.2) is 8.42 Å². The lowest BCUT2D eigenvalue weighted by Gasteiger charge is -2.25. The van der Waals surface area contributed by atoms with Crippen molar-refractivity contribution in [3.8, 4) is 0 Å². The average Bonchev–Trinajstić information content (AvgIpc) is 3.13. The first kappa shape index (κ1) is 21.2. The lowest BCUT2D eigenvalue weighted by Crippen LogP contribution is -2.37. The van der Waals surface area contributed by atoms with Gasteiger partial charge in [-0.15, -0.1) is 0 Å². The number of thioether (sulfide) groups is 1. The summed E-state index contributed by atoms with van der Waals surface area (Å²) in [7, 11) is -3.35. The van der Waals surface area contributed by atoms with E-state index in [1.807, 2.05) is 0 Å². The first-order chi connectivity index (χ1) is 14.0. The van der Waals surface area contributed by atoms with Crippen LogP contribution in [0.15, 0.2) is 53.5 Å². The number of amides is 1. The number of carbonyl (C=O) groups excluding carboxylic acids is 1. The number of halogens is 4. The number of rotatable bonds is 2. The number of nitrogens with zero attached hydrogens (tertiary/aromatic N) is 2. The molecular formula is C19H14ClF3N2O3S2. The van der Waals surface area contributed by atoms with Crippen molar-refractivity contribution in [3.05, 3.63) is 64.7 Å². The van der Waals surface area contributed by atoms with Gasteiger partial charge in [0.05, 0.1) is 28.1 Å². The van der Waals surface area contributed by atoms with Crippen LogP contribution in [0.5, 0.6) is 0 Å². The zero-order chi connectivity index (χ0) is 21.7. The minimum absolute atomic E-state index is 0.0865. The van der Waals surface area contributed by atoms with Gasteiger partial charge in [0.1, 0.15) is 0 Å². The summed E-state index contributed by atoms with van der Waals surface area (Å²) in [5, 5.41) is -0.723. The molecule has 0 bridgehead atoms. The Balaban J connectivity index is 1.78. The molecule has 2 fully saturated rings. The number of aliphatic imine (C=N–C) groups is 1. The lowest BCUT2D eigenvalue weighted by atomic mass is 10.1. The second-order valence-electron chi connectivity index (χ2n) is 6.90. The maximum atomic E-state index is 13.3. The third-order valence-corrected chi connectivity index (χ3v) is 8.36. The van der Waals surface area contributed by atoms with E-state index in [0.29, 0.717) is 5.56 Å². The van der Waals surface area contributed by atoms with Crippen LogP contribution in [0.25, 0.3) is 0 Å². The van der Waals surface area contributed by atoms with Crippen molar-refractivity contribution in [2.24, 2.45) is 4.99 Å². The lowest BCUT2D eigenvalue weighted by molar-refractivity contribution is -0.137. The molecule has 1 amide bonds. The number of carbonyl (C=O) groups is 1. The Kier molecular flexibility index (Phi) is 5.36. The molecule has 2 aromatic carbocycles. The normalized spacial score (nSPS) is 24.3. The van der Waals surface area contributed by atoms with Gasteiger partial charge >= 0.3 is 6.18 Å².